The van der Waals surface area contributed by atoms with E-state index in [1.54, 1.807) is 19.2 Å². The molecule has 2 atom stereocenters. The van der Waals surface area contributed by atoms with Gasteiger partial charge in [-0.05, 0) is 67.8 Å². The molecule has 156 valence electrons. The molecule has 0 fully saturated rings. The van der Waals surface area contributed by atoms with Crippen LogP contribution in [0.25, 0.3) is 11.5 Å². The van der Waals surface area contributed by atoms with E-state index < -0.39 is 0 Å². The lowest BCUT2D eigenvalue weighted by Crippen LogP contribution is -2.45. The van der Waals surface area contributed by atoms with Crippen molar-refractivity contribution in [2.45, 2.75) is 37.6 Å². The van der Waals surface area contributed by atoms with Crippen molar-refractivity contribution in [2.75, 3.05) is 12.9 Å². The minimum Gasteiger partial charge on any atom is -0.497 e. The highest BCUT2D eigenvalue weighted by atomic mass is 32.2. The average molecular weight is 428 g/mol. The summed E-state index contributed by atoms with van der Waals surface area (Å²) in [5, 5.41) is 8.44. The fourth-order valence-corrected chi connectivity index (χ4v) is 4.52. The van der Waals surface area contributed by atoms with Crippen molar-refractivity contribution in [1.29, 1.82) is 0 Å². The third kappa shape index (κ3) is 4.05. The highest BCUT2D eigenvalue weighted by molar-refractivity contribution is 7.99. The number of thioether (sulfide) groups is 1. The van der Waals surface area contributed by atoms with Gasteiger partial charge in [0.15, 0.2) is 0 Å². The van der Waals surface area contributed by atoms with Gasteiger partial charge in [-0.1, -0.05) is 17.8 Å². The van der Waals surface area contributed by atoms with Gasteiger partial charge in [0.2, 0.25) is 11.8 Å². The minimum absolute atomic E-state index is 0.0139. The van der Waals surface area contributed by atoms with Crippen molar-refractivity contribution in [3.8, 4) is 17.2 Å². The maximum Gasteiger partial charge on any atom is 0.277 e. The number of carbonyl (C=O) groups is 1. The smallest absolute Gasteiger partial charge is 0.277 e. The molecule has 0 spiro atoms. The predicted octanol–water partition coefficient (Wildman–Crippen LogP) is 4.51. The summed E-state index contributed by atoms with van der Waals surface area (Å²) in [5.41, 5.74) is 2.74. The van der Waals surface area contributed by atoms with Crippen LogP contribution in [0.4, 0.5) is 4.39 Å². The summed E-state index contributed by atoms with van der Waals surface area (Å²) in [7, 11) is 1.61. The molecule has 1 aromatic heterocycles. The number of hydrogen-bond donors (Lipinski definition) is 0. The first-order valence-corrected chi connectivity index (χ1v) is 10.6. The number of ether oxygens (including phenoxy) is 1. The lowest BCUT2D eigenvalue weighted by molar-refractivity contribution is -0.133. The number of rotatable bonds is 5. The molecular weight excluding hydrogens is 405 g/mol. The fraction of sp³-hybridized carbons (Fsp3) is 0.318. The Morgan fingerprint density at radius 2 is 2.00 bits per heavy atom. The van der Waals surface area contributed by atoms with E-state index in [4.69, 9.17) is 9.15 Å². The highest BCUT2D eigenvalue weighted by Crippen LogP contribution is 2.34. The molecular formula is C22H22FN3O3S. The van der Waals surface area contributed by atoms with Gasteiger partial charge < -0.3 is 14.1 Å². The van der Waals surface area contributed by atoms with E-state index in [1.165, 1.54) is 17.8 Å². The molecule has 3 aromatic rings. The molecule has 1 aliphatic heterocycles. The maximum atomic E-state index is 13.6. The van der Waals surface area contributed by atoms with Crippen molar-refractivity contribution in [3.63, 3.8) is 0 Å². The summed E-state index contributed by atoms with van der Waals surface area (Å²) in [5.74, 6) is 1.07. The molecule has 0 radical (unpaired) electrons. The van der Waals surface area contributed by atoms with Crippen molar-refractivity contribution < 1.29 is 18.3 Å². The number of benzene rings is 2. The molecule has 0 saturated heterocycles. The number of aromatic nitrogens is 2. The van der Waals surface area contributed by atoms with Crippen LogP contribution in [-0.2, 0) is 11.2 Å². The topological polar surface area (TPSA) is 68.5 Å². The molecule has 1 aliphatic rings. The lowest BCUT2D eigenvalue weighted by Gasteiger charge is -2.40. The van der Waals surface area contributed by atoms with Crippen molar-refractivity contribution in [2.24, 2.45) is 0 Å². The van der Waals surface area contributed by atoms with Gasteiger partial charge in [-0.25, -0.2) is 4.39 Å². The summed E-state index contributed by atoms with van der Waals surface area (Å²) in [6.45, 7) is 3.96. The van der Waals surface area contributed by atoms with Crippen LogP contribution in [0.1, 0.15) is 31.0 Å². The summed E-state index contributed by atoms with van der Waals surface area (Å²) in [6.07, 6.45) is 0.635. The quantitative estimate of drug-likeness (QED) is 0.558. The van der Waals surface area contributed by atoms with Crippen molar-refractivity contribution in [1.82, 2.24) is 15.1 Å². The number of carbonyl (C=O) groups excluding carboxylic acids is 1. The molecule has 6 nitrogen and oxygen atoms in total. The second-order valence-electron chi connectivity index (χ2n) is 7.26. The monoisotopic (exact) mass is 427 g/mol. The van der Waals surface area contributed by atoms with Gasteiger partial charge in [-0.3, -0.25) is 4.79 Å². The van der Waals surface area contributed by atoms with Gasteiger partial charge in [-0.2, -0.15) is 0 Å². The first-order chi connectivity index (χ1) is 14.5. The zero-order chi connectivity index (χ0) is 21.3. The van der Waals surface area contributed by atoms with Gasteiger partial charge in [-0.15, -0.1) is 10.2 Å². The Kier molecular flexibility index (Phi) is 5.76. The van der Waals surface area contributed by atoms with Crippen LogP contribution >= 0.6 is 11.8 Å². The third-order valence-corrected chi connectivity index (χ3v) is 6.12. The van der Waals surface area contributed by atoms with Crippen LogP contribution < -0.4 is 4.74 Å². The largest absolute Gasteiger partial charge is 0.497 e. The van der Waals surface area contributed by atoms with Gasteiger partial charge in [0, 0.05) is 11.6 Å². The molecule has 8 heteroatoms. The van der Waals surface area contributed by atoms with Crippen molar-refractivity contribution in [3.05, 3.63) is 59.4 Å². The molecule has 1 amide bonds. The van der Waals surface area contributed by atoms with Crippen LogP contribution in [0.3, 0.4) is 0 Å². The molecule has 4 rings (SSSR count). The van der Waals surface area contributed by atoms with Crippen LogP contribution in [-0.4, -0.2) is 39.9 Å². The summed E-state index contributed by atoms with van der Waals surface area (Å²) in [6, 6.07) is 12.0. The Morgan fingerprint density at radius 3 is 2.73 bits per heavy atom. The number of amides is 1. The molecule has 2 heterocycles. The van der Waals surface area contributed by atoms with Crippen LogP contribution in [0.15, 0.2) is 52.1 Å². The molecule has 2 unspecified atom stereocenters. The zero-order valence-corrected chi connectivity index (χ0v) is 17.8. The zero-order valence-electron chi connectivity index (χ0n) is 17.0. The molecule has 0 N–H and O–H groups in total. The van der Waals surface area contributed by atoms with Crippen LogP contribution in [0.2, 0.25) is 0 Å². The van der Waals surface area contributed by atoms with Gasteiger partial charge >= 0.3 is 0 Å². The second-order valence-corrected chi connectivity index (χ2v) is 8.19. The number of hydrogen-bond acceptors (Lipinski definition) is 6. The summed E-state index contributed by atoms with van der Waals surface area (Å²) in [4.78, 5) is 14.8. The molecule has 0 saturated carbocycles. The van der Waals surface area contributed by atoms with Gasteiger partial charge in [0.05, 0.1) is 18.9 Å². The van der Waals surface area contributed by atoms with E-state index in [-0.39, 0.29) is 29.6 Å². The van der Waals surface area contributed by atoms with Crippen molar-refractivity contribution >= 4 is 17.7 Å². The normalized spacial score (nSPS) is 18.2. The number of methoxy groups -OCH3 is 1. The standard InChI is InChI=1S/C22H22FN3O3S/c1-13-10-16-11-17(23)6-9-19(16)14(2)26(13)20(27)12-30-22-25-24-21(29-22)15-4-7-18(28-3)8-5-15/h4-9,11,13-14H,10,12H2,1-3H3. The summed E-state index contributed by atoms with van der Waals surface area (Å²) < 4.78 is 24.4. The Labute approximate surface area is 178 Å². The van der Waals surface area contributed by atoms with Gasteiger partial charge in [0.25, 0.3) is 5.22 Å². The average Bonchev–Trinajstić information content (AvgIpc) is 3.21. The molecule has 2 aromatic carbocycles. The Morgan fingerprint density at radius 1 is 1.23 bits per heavy atom. The Hall–Kier alpha value is -2.87. The van der Waals surface area contributed by atoms with Crippen LogP contribution in [0, 0.1) is 5.82 Å². The van der Waals surface area contributed by atoms with E-state index in [9.17, 15) is 9.18 Å². The first-order valence-electron chi connectivity index (χ1n) is 9.66. The van der Waals surface area contributed by atoms with Gasteiger partial charge in [0.1, 0.15) is 11.6 Å². The maximum absolute atomic E-state index is 13.6. The van der Waals surface area contributed by atoms with E-state index in [0.29, 0.717) is 17.5 Å². The first kappa shape index (κ1) is 20.4. The molecule has 30 heavy (non-hydrogen) atoms. The predicted molar refractivity (Wildman–Crippen MR) is 112 cm³/mol. The number of nitrogens with zero attached hydrogens (tertiary/aromatic N) is 3. The Balaban J connectivity index is 1.42. The van der Waals surface area contributed by atoms with E-state index >= 15 is 0 Å². The highest BCUT2D eigenvalue weighted by Gasteiger charge is 2.32. The number of fused-ring (bicyclic) bond motifs is 1. The van der Waals surface area contributed by atoms with E-state index in [0.717, 1.165) is 22.4 Å². The van der Waals surface area contributed by atoms with E-state index in [1.807, 2.05) is 43.0 Å². The minimum atomic E-state index is -0.243. The van der Waals surface area contributed by atoms with E-state index in [2.05, 4.69) is 10.2 Å². The molecule has 0 aliphatic carbocycles. The fourth-order valence-electron chi connectivity index (χ4n) is 3.88. The Bertz CT molecular complexity index is 1050. The number of halogens is 1. The summed E-state index contributed by atoms with van der Waals surface area (Å²) >= 11 is 1.22. The lowest BCUT2D eigenvalue weighted by atomic mass is 9.89. The second kappa shape index (κ2) is 8.47. The molecule has 0 bridgehead atoms. The SMILES string of the molecule is COc1ccc(-c2nnc(SCC(=O)N3C(C)Cc4cc(F)ccc4C3C)o2)cc1. The third-order valence-electron chi connectivity index (χ3n) is 5.31. The van der Waals surface area contributed by atoms with Crippen LogP contribution in [0.5, 0.6) is 5.75 Å².